The van der Waals surface area contributed by atoms with Gasteiger partial charge in [-0.2, -0.15) is 0 Å². The summed E-state index contributed by atoms with van der Waals surface area (Å²) in [5.74, 6) is 0.740. The molecule has 1 aromatic carbocycles. The number of carbonyl (C=O) groups excluding carboxylic acids is 1. The number of hydrogen-bond acceptors (Lipinski definition) is 1. The molecule has 0 spiro atoms. The van der Waals surface area contributed by atoms with Crippen LogP contribution in [0.5, 0.6) is 0 Å². The van der Waals surface area contributed by atoms with Gasteiger partial charge in [-0.05, 0) is 24.8 Å². The molecule has 0 aliphatic heterocycles. The van der Waals surface area contributed by atoms with E-state index in [9.17, 15) is 4.79 Å². The molecule has 20 heavy (non-hydrogen) atoms. The summed E-state index contributed by atoms with van der Waals surface area (Å²) in [6.07, 6.45) is 6.74. The van der Waals surface area contributed by atoms with E-state index in [1.165, 1.54) is 19.3 Å². The lowest BCUT2D eigenvalue weighted by Crippen LogP contribution is -2.42. The number of carbonyl (C=O) groups is 1. The van der Waals surface area contributed by atoms with E-state index in [0.29, 0.717) is 12.0 Å². The van der Waals surface area contributed by atoms with Crippen LogP contribution in [0.2, 0.25) is 0 Å². The van der Waals surface area contributed by atoms with Crippen LogP contribution in [0, 0.1) is 5.92 Å². The fraction of sp³-hybridized carbons (Fsp3) is 0.471. The van der Waals surface area contributed by atoms with Crippen LogP contribution >= 0.6 is 0 Å². The summed E-state index contributed by atoms with van der Waals surface area (Å²) < 4.78 is 0. The molecule has 1 amide bonds. The van der Waals surface area contributed by atoms with Crippen LogP contribution in [-0.2, 0) is 0 Å². The van der Waals surface area contributed by atoms with Crippen molar-refractivity contribution >= 4 is 16.8 Å². The first-order chi connectivity index (χ1) is 9.68. The zero-order chi connectivity index (χ0) is 14.1. The van der Waals surface area contributed by atoms with E-state index in [2.05, 4.69) is 11.9 Å². The summed E-state index contributed by atoms with van der Waals surface area (Å²) in [5.41, 5.74) is 1.82. The maximum absolute atomic E-state index is 12.8. The Bertz CT molecular complexity index is 616. The fourth-order valence-electron chi connectivity index (χ4n) is 3.46. The van der Waals surface area contributed by atoms with Crippen molar-refractivity contribution in [3.63, 3.8) is 0 Å². The Morgan fingerprint density at radius 1 is 1.25 bits per heavy atom. The number of H-pyrrole nitrogens is 1. The summed E-state index contributed by atoms with van der Waals surface area (Å²) in [6.45, 7) is 2.27. The van der Waals surface area contributed by atoms with Crippen molar-refractivity contribution in [3.05, 3.63) is 36.0 Å². The molecular formula is C17H22N2O. The topological polar surface area (TPSA) is 36.1 Å². The Morgan fingerprint density at radius 2 is 2.00 bits per heavy atom. The Hall–Kier alpha value is -1.77. The summed E-state index contributed by atoms with van der Waals surface area (Å²) in [4.78, 5) is 17.9. The number of fused-ring (bicyclic) bond motifs is 1. The van der Waals surface area contributed by atoms with Gasteiger partial charge in [0.2, 0.25) is 0 Å². The van der Waals surface area contributed by atoms with Crippen molar-refractivity contribution in [2.45, 2.75) is 38.6 Å². The van der Waals surface area contributed by atoms with Crippen LogP contribution < -0.4 is 0 Å². The van der Waals surface area contributed by atoms with Gasteiger partial charge in [-0.3, -0.25) is 4.79 Å². The van der Waals surface area contributed by atoms with Gasteiger partial charge in [-0.25, -0.2) is 0 Å². The number of nitrogens with one attached hydrogen (secondary N) is 1. The normalized spacial score (nSPS) is 22.9. The largest absolute Gasteiger partial charge is 0.360 e. The lowest BCUT2D eigenvalue weighted by molar-refractivity contribution is 0.0631. The smallest absolute Gasteiger partial charge is 0.256 e. The first-order valence-corrected chi connectivity index (χ1v) is 7.52. The average Bonchev–Trinajstić information content (AvgIpc) is 2.90. The molecule has 1 aliphatic carbocycles. The fourth-order valence-corrected chi connectivity index (χ4v) is 3.46. The molecule has 1 aromatic heterocycles. The number of amides is 1. The molecule has 1 saturated carbocycles. The highest BCUT2D eigenvalue weighted by Crippen LogP contribution is 2.29. The third-order valence-corrected chi connectivity index (χ3v) is 4.70. The van der Waals surface area contributed by atoms with Gasteiger partial charge in [0.15, 0.2) is 0 Å². The van der Waals surface area contributed by atoms with Crippen LogP contribution in [0.15, 0.2) is 30.5 Å². The van der Waals surface area contributed by atoms with Crippen LogP contribution in [0.25, 0.3) is 10.9 Å². The van der Waals surface area contributed by atoms with E-state index in [1.807, 2.05) is 42.4 Å². The minimum Gasteiger partial charge on any atom is -0.360 e. The van der Waals surface area contributed by atoms with Gasteiger partial charge in [0.1, 0.15) is 0 Å². The van der Waals surface area contributed by atoms with Gasteiger partial charge in [-0.1, -0.05) is 38.0 Å². The minimum atomic E-state index is 0.140. The van der Waals surface area contributed by atoms with Gasteiger partial charge in [-0.15, -0.1) is 0 Å². The first-order valence-electron chi connectivity index (χ1n) is 7.52. The molecule has 1 fully saturated rings. The van der Waals surface area contributed by atoms with E-state index in [1.54, 1.807) is 0 Å². The molecule has 3 rings (SSSR count). The summed E-state index contributed by atoms with van der Waals surface area (Å²) in [5, 5.41) is 1.02. The van der Waals surface area contributed by atoms with Crippen LogP contribution in [0.3, 0.4) is 0 Å². The highest BCUT2D eigenvalue weighted by molar-refractivity contribution is 6.06. The third-order valence-electron chi connectivity index (χ3n) is 4.70. The van der Waals surface area contributed by atoms with Crippen molar-refractivity contribution in [2.75, 3.05) is 7.05 Å². The van der Waals surface area contributed by atoms with Crippen LogP contribution in [0.1, 0.15) is 43.0 Å². The van der Waals surface area contributed by atoms with Gasteiger partial charge in [0.25, 0.3) is 5.91 Å². The van der Waals surface area contributed by atoms with E-state index in [0.717, 1.165) is 22.9 Å². The molecule has 2 aromatic rings. The molecule has 1 heterocycles. The zero-order valence-corrected chi connectivity index (χ0v) is 12.2. The molecule has 1 N–H and O–H groups in total. The Morgan fingerprint density at radius 3 is 2.80 bits per heavy atom. The van der Waals surface area contributed by atoms with Gasteiger partial charge in [0, 0.05) is 30.2 Å². The second-order valence-electron chi connectivity index (χ2n) is 5.99. The van der Waals surface area contributed by atoms with E-state index in [-0.39, 0.29) is 5.91 Å². The second kappa shape index (κ2) is 5.31. The number of aromatic nitrogens is 1. The zero-order valence-electron chi connectivity index (χ0n) is 12.2. The second-order valence-corrected chi connectivity index (χ2v) is 5.99. The van der Waals surface area contributed by atoms with E-state index < -0.39 is 0 Å². The number of hydrogen-bond donors (Lipinski definition) is 1. The number of rotatable bonds is 2. The van der Waals surface area contributed by atoms with Crippen molar-refractivity contribution in [1.29, 1.82) is 0 Å². The van der Waals surface area contributed by atoms with Gasteiger partial charge in [0.05, 0.1) is 5.56 Å². The standard InChI is InChI=1S/C17H22N2O/c1-12-7-3-6-10-16(12)19(2)17(20)14-11-18-15-9-5-4-8-13(14)15/h4-5,8-9,11-12,16,18H,3,6-7,10H2,1-2H3. The van der Waals surface area contributed by atoms with E-state index >= 15 is 0 Å². The van der Waals surface area contributed by atoms with Crippen molar-refractivity contribution in [2.24, 2.45) is 5.92 Å². The predicted octanol–water partition coefficient (Wildman–Crippen LogP) is 3.82. The molecule has 2 unspecified atom stereocenters. The number of aromatic amines is 1. The van der Waals surface area contributed by atoms with Gasteiger partial charge >= 0.3 is 0 Å². The van der Waals surface area contributed by atoms with Crippen LogP contribution in [0.4, 0.5) is 0 Å². The molecule has 3 heteroatoms. The van der Waals surface area contributed by atoms with Crippen molar-refractivity contribution in [3.8, 4) is 0 Å². The highest BCUT2D eigenvalue weighted by Gasteiger charge is 2.29. The molecule has 1 aliphatic rings. The summed E-state index contributed by atoms with van der Waals surface area (Å²) >= 11 is 0. The third kappa shape index (κ3) is 2.21. The molecule has 3 nitrogen and oxygen atoms in total. The highest BCUT2D eigenvalue weighted by atomic mass is 16.2. The quantitative estimate of drug-likeness (QED) is 0.884. The molecule has 2 atom stereocenters. The predicted molar refractivity (Wildman–Crippen MR) is 81.8 cm³/mol. The number of nitrogens with zero attached hydrogens (tertiary/aromatic N) is 1. The average molecular weight is 270 g/mol. The number of benzene rings is 1. The molecule has 0 saturated heterocycles. The first kappa shape index (κ1) is 13.2. The molecule has 0 bridgehead atoms. The summed E-state index contributed by atoms with van der Waals surface area (Å²) in [6, 6.07) is 8.37. The van der Waals surface area contributed by atoms with E-state index in [4.69, 9.17) is 0 Å². The maximum atomic E-state index is 12.8. The Labute approximate surface area is 120 Å². The lowest BCUT2D eigenvalue weighted by Gasteiger charge is -2.36. The molecule has 106 valence electrons. The monoisotopic (exact) mass is 270 g/mol. The number of para-hydroxylation sites is 1. The minimum absolute atomic E-state index is 0.140. The maximum Gasteiger partial charge on any atom is 0.256 e. The SMILES string of the molecule is CC1CCCCC1N(C)C(=O)c1c[nH]c2ccccc12. The Balaban J connectivity index is 1.88. The van der Waals surface area contributed by atoms with Gasteiger partial charge < -0.3 is 9.88 Å². The molecular weight excluding hydrogens is 248 g/mol. The Kier molecular flexibility index (Phi) is 3.51. The van der Waals surface area contributed by atoms with Crippen LogP contribution in [-0.4, -0.2) is 28.9 Å². The lowest BCUT2D eigenvalue weighted by atomic mass is 9.85. The summed E-state index contributed by atoms with van der Waals surface area (Å²) in [7, 11) is 1.95. The van der Waals surface area contributed by atoms with Crippen molar-refractivity contribution < 1.29 is 4.79 Å². The molecule has 0 radical (unpaired) electrons. The van der Waals surface area contributed by atoms with Crippen molar-refractivity contribution in [1.82, 2.24) is 9.88 Å².